The van der Waals surface area contributed by atoms with Gasteiger partial charge in [-0.25, -0.2) is 4.39 Å². The summed E-state index contributed by atoms with van der Waals surface area (Å²) in [5.41, 5.74) is 3.90. The number of aryl methyl sites for hydroxylation is 1. The minimum absolute atomic E-state index is 0.112. The van der Waals surface area contributed by atoms with Crippen LogP contribution in [0.3, 0.4) is 0 Å². The quantitative estimate of drug-likeness (QED) is 0.686. The zero-order valence-electron chi connectivity index (χ0n) is 9.22. The molecule has 0 nitrogen and oxygen atoms in total. The van der Waals surface area contributed by atoms with Crippen molar-refractivity contribution in [2.75, 3.05) is 0 Å². The molecule has 80 valence electrons. The average molecular weight is 204 g/mol. The van der Waals surface area contributed by atoms with Gasteiger partial charge in [-0.3, -0.25) is 0 Å². The number of halogens is 1. The molecule has 0 atom stereocenters. The zero-order valence-corrected chi connectivity index (χ0v) is 9.22. The van der Waals surface area contributed by atoms with Crippen molar-refractivity contribution in [3.63, 3.8) is 0 Å². The number of unbranched alkanes of at least 4 members (excludes halogenated alkanes) is 1. The number of hydrogen-bond donors (Lipinski definition) is 0. The fourth-order valence-electron chi connectivity index (χ4n) is 2.12. The normalized spacial score (nSPS) is 14.7. The molecule has 1 heteroatoms. The van der Waals surface area contributed by atoms with Gasteiger partial charge in [0.25, 0.3) is 0 Å². The maximum absolute atomic E-state index is 13.0. The summed E-state index contributed by atoms with van der Waals surface area (Å²) >= 11 is 0. The van der Waals surface area contributed by atoms with Gasteiger partial charge in [-0.15, -0.1) is 0 Å². The first-order valence-corrected chi connectivity index (χ1v) is 5.77. The van der Waals surface area contributed by atoms with Crippen LogP contribution in [0.25, 0.3) is 6.08 Å². The van der Waals surface area contributed by atoms with E-state index in [1.165, 1.54) is 30.4 Å². The summed E-state index contributed by atoms with van der Waals surface area (Å²) in [5.74, 6) is -0.112. The van der Waals surface area contributed by atoms with Gasteiger partial charge in [0.1, 0.15) is 5.82 Å². The van der Waals surface area contributed by atoms with E-state index in [0.717, 1.165) is 18.4 Å². The van der Waals surface area contributed by atoms with E-state index < -0.39 is 0 Å². The minimum atomic E-state index is -0.112. The number of hydrogen-bond acceptors (Lipinski definition) is 0. The molecular weight excluding hydrogens is 187 g/mol. The molecule has 0 amide bonds. The molecule has 15 heavy (non-hydrogen) atoms. The second-order valence-electron chi connectivity index (χ2n) is 4.25. The predicted molar refractivity (Wildman–Crippen MR) is 62.2 cm³/mol. The molecule has 1 aromatic rings. The molecule has 0 radical (unpaired) electrons. The molecule has 0 saturated heterocycles. The highest BCUT2D eigenvalue weighted by atomic mass is 19.1. The Kier molecular flexibility index (Phi) is 3.20. The molecule has 1 aliphatic carbocycles. The van der Waals surface area contributed by atoms with E-state index in [0.29, 0.717) is 0 Å². The standard InChI is InChI=1S/C14H17F/c1-2-3-4-11-5-6-13-10-14(15)8-7-12(13)9-11/h7-10H,2-6H2,1H3. The van der Waals surface area contributed by atoms with Crippen LogP contribution in [0.1, 0.15) is 43.7 Å². The SMILES string of the molecule is CCCCC1=Cc2ccc(F)cc2CC1. The molecule has 0 N–H and O–H groups in total. The Hall–Kier alpha value is -1.11. The number of allylic oxidation sites excluding steroid dienone is 1. The molecule has 0 saturated carbocycles. The maximum atomic E-state index is 13.0. The Bertz CT molecular complexity index is 377. The van der Waals surface area contributed by atoms with Crippen molar-refractivity contribution < 1.29 is 4.39 Å². The molecule has 0 unspecified atom stereocenters. The van der Waals surface area contributed by atoms with Crippen molar-refractivity contribution in [1.82, 2.24) is 0 Å². The molecule has 0 fully saturated rings. The lowest BCUT2D eigenvalue weighted by atomic mass is 9.90. The van der Waals surface area contributed by atoms with Gasteiger partial charge in [0.15, 0.2) is 0 Å². The van der Waals surface area contributed by atoms with Crippen LogP contribution < -0.4 is 0 Å². The fraction of sp³-hybridized carbons (Fsp3) is 0.429. The van der Waals surface area contributed by atoms with E-state index in [1.807, 2.05) is 6.07 Å². The maximum Gasteiger partial charge on any atom is 0.123 e. The lowest BCUT2D eigenvalue weighted by Gasteiger charge is -2.16. The van der Waals surface area contributed by atoms with Crippen LogP contribution in [-0.4, -0.2) is 0 Å². The summed E-state index contributed by atoms with van der Waals surface area (Å²) in [4.78, 5) is 0. The van der Waals surface area contributed by atoms with E-state index in [2.05, 4.69) is 13.0 Å². The van der Waals surface area contributed by atoms with E-state index >= 15 is 0 Å². The lowest BCUT2D eigenvalue weighted by molar-refractivity contribution is 0.624. The topological polar surface area (TPSA) is 0 Å². The summed E-state index contributed by atoms with van der Waals surface area (Å²) in [5, 5.41) is 0. The third-order valence-corrected chi connectivity index (χ3v) is 3.03. The third-order valence-electron chi connectivity index (χ3n) is 3.03. The smallest absolute Gasteiger partial charge is 0.123 e. The molecule has 0 aliphatic heterocycles. The molecule has 2 rings (SSSR count). The molecule has 1 aromatic carbocycles. The van der Waals surface area contributed by atoms with Crippen molar-refractivity contribution in [2.45, 2.75) is 39.0 Å². The van der Waals surface area contributed by atoms with Crippen molar-refractivity contribution in [3.8, 4) is 0 Å². The van der Waals surface area contributed by atoms with Crippen LogP contribution in [0.2, 0.25) is 0 Å². The van der Waals surface area contributed by atoms with E-state index in [4.69, 9.17) is 0 Å². The molecule has 0 aromatic heterocycles. The van der Waals surface area contributed by atoms with Gasteiger partial charge >= 0.3 is 0 Å². The lowest BCUT2D eigenvalue weighted by Crippen LogP contribution is -2.00. The first-order chi connectivity index (χ1) is 7.29. The van der Waals surface area contributed by atoms with Gasteiger partial charge in [0, 0.05) is 0 Å². The third kappa shape index (κ3) is 2.47. The fourth-order valence-corrected chi connectivity index (χ4v) is 2.12. The van der Waals surface area contributed by atoms with Crippen LogP contribution in [0, 0.1) is 5.82 Å². The van der Waals surface area contributed by atoms with E-state index in [-0.39, 0.29) is 5.82 Å². The highest BCUT2D eigenvalue weighted by molar-refractivity contribution is 5.59. The highest BCUT2D eigenvalue weighted by Crippen LogP contribution is 2.27. The van der Waals surface area contributed by atoms with Crippen LogP contribution in [0.5, 0.6) is 0 Å². The van der Waals surface area contributed by atoms with Gasteiger partial charge in [-0.1, -0.05) is 31.1 Å². The van der Waals surface area contributed by atoms with E-state index in [9.17, 15) is 4.39 Å². The zero-order chi connectivity index (χ0) is 10.7. The summed E-state index contributed by atoms with van der Waals surface area (Å²) in [6.45, 7) is 2.21. The molecule has 0 bridgehead atoms. The van der Waals surface area contributed by atoms with Crippen LogP contribution in [0.4, 0.5) is 4.39 Å². The Morgan fingerprint density at radius 3 is 2.93 bits per heavy atom. The van der Waals surface area contributed by atoms with Crippen LogP contribution in [0.15, 0.2) is 23.8 Å². The van der Waals surface area contributed by atoms with Gasteiger partial charge in [-0.2, -0.15) is 0 Å². The Morgan fingerprint density at radius 1 is 1.27 bits per heavy atom. The second kappa shape index (κ2) is 4.61. The Balaban J connectivity index is 2.18. The van der Waals surface area contributed by atoms with Crippen LogP contribution >= 0.6 is 0 Å². The second-order valence-corrected chi connectivity index (χ2v) is 4.25. The van der Waals surface area contributed by atoms with Gasteiger partial charge in [0.2, 0.25) is 0 Å². The number of benzene rings is 1. The summed E-state index contributed by atoms with van der Waals surface area (Å²) < 4.78 is 13.0. The van der Waals surface area contributed by atoms with Gasteiger partial charge in [0.05, 0.1) is 0 Å². The van der Waals surface area contributed by atoms with Gasteiger partial charge in [-0.05, 0) is 48.9 Å². The Labute approximate surface area is 90.8 Å². The van der Waals surface area contributed by atoms with Gasteiger partial charge < -0.3 is 0 Å². The first kappa shape index (κ1) is 10.4. The van der Waals surface area contributed by atoms with E-state index in [1.54, 1.807) is 12.1 Å². The van der Waals surface area contributed by atoms with Crippen LogP contribution in [-0.2, 0) is 6.42 Å². The molecule has 1 aliphatic rings. The Morgan fingerprint density at radius 2 is 2.13 bits per heavy atom. The van der Waals surface area contributed by atoms with Crippen molar-refractivity contribution in [2.24, 2.45) is 0 Å². The molecular formula is C14H17F. The summed E-state index contributed by atoms with van der Waals surface area (Å²) in [6.07, 6.45) is 8.07. The van der Waals surface area contributed by atoms with Crippen molar-refractivity contribution in [1.29, 1.82) is 0 Å². The minimum Gasteiger partial charge on any atom is -0.207 e. The monoisotopic (exact) mass is 204 g/mol. The summed E-state index contributed by atoms with van der Waals surface area (Å²) in [6, 6.07) is 5.12. The molecule has 0 heterocycles. The number of fused-ring (bicyclic) bond motifs is 1. The highest BCUT2D eigenvalue weighted by Gasteiger charge is 2.10. The number of rotatable bonds is 3. The molecule has 0 spiro atoms. The van der Waals surface area contributed by atoms with Crippen molar-refractivity contribution >= 4 is 6.08 Å². The largest absolute Gasteiger partial charge is 0.207 e. The summed E-state index contributed by atoms with van der Waals surface area (Å²) in [7, 11) is 0. The van der Waals surface area contributed by atoms with Crippen molar-refractivity contribution in [3.05, 3.63) is 40.7 Å². The first-order valence-electron chi connectivity index (χ1n) is 5.77. The predicted octanol–water partition coefficient (Wildman–Crippen LogP) is 4.35. The average Bonchev–Trinajstić information content (AvgIpc) is 2.26.